The van der Waals surface area contributed by atoms with E-state index in [1.165, 1.54) is 9.80 Å². The largest absolute Gasteiger partial charge is 0.324 e. The van der Waals surface area contributed by atoms with Crippen molar-refractivity contribution in [3.63, 3.8) is 0 Å². The molecular formula is C15H26FN5O4S. The van der Waals surface area contributed by atoms with E-state index in [2.05, 4.69) is 15.6 Å². The maximum atomic E-state index is 14.8. The summed E-state index contributed by atoms with van der Waals surface area (Å²) in [7, 11) is -2.20. The van der Waals surface area contributed by atoms with Crippen LogP contribution < -0.4 is 15.6 Å². The molecule has 26 heavy (non-hydrogen) atoms. The zero-order chi connectivity index (χ0) is 18.9. The number of nitrogens with one attached hydrogen (secondary N) is 3. The van der Waals surface area contributed by atoms with Crippen molar-refractivity contribution in [2.75, 3.05) is 7.05 Å². The van der Waals surface area contributed by atoms with Gasteiger partial charge < -0.3 is 9.64 Å². The van der Waals surface area contributed by atoms with E-state index in [1.54, 1.807) is 14.0 Å². The van der Waals surface area contributed by atoms with Gasteiger partial charge in [-0.05, 0) is 33.1 Å². The van der Waals surface area contributed by atoms with E-state index in [0.717, 1.165) is 12.8 Å². The summed E-state index contributed by atoms with van der Waals surface area (Å²) in [6.07, 6.45) is -0.933. The SMILES string of the molecule is CC1NNC(N2C(=O)N(C)C3CC(F)C(S(=O)(=O)NC4(C)CC4)CC32)O1. The number of carbonyl (C=O) groups excluding carboxylic acids is 1. The van der Waals surface area contributed by atoms with Crippen molar-refractivity contribution in [1.29, 1.82) is 0 Å². The number of ether oxygens (including phenoxy) is 1. The zero-order valence-corrected chi connectivity index (χ0v) is 15.9. The van der Waals surface area contributed by atoms with Gasteiger partial charge in [0.05, 0.1) is 12.1 Å². The van der Waals surface area contributed by atoms with Gasteiger partial charge >= 0.3 is 6.03 Å². The Kier molecular flexibility index (Phi) is 4.23. The number of halogens is 1. The Morgan fingerprint density at radius 1 is 1.27 bits per heavy atom. The Hall–Kier alpha value is -1.01. The summed E-state index contributed by atoms with van der Waals surface area (Å²) in [5, 5.41) is -1.17. The summed E-state index contributed by atoms with van der Waals surface area (Å²) in [6.45, 7) is 3.62. The number of alkyl halides is 1. The van der Waals surface area contributed by atoms with Gasteiger partial charge in [-0.2, -0.15) is 0 Å². The van der Waals surface area contributed by atoms with Crippen molar-refractivity contribution in [3.05, 3.63) is 0 Å². The number of amides is 2. The van der Waals surface area contributed by atoms with E-state index in [9.17, 15) is 17.6 Å². The van der Waals surface area contributed by atoms with Crippen LogP contribution in [0.1, 0.15) is 39.5 Å². The van der Waals surface area contributed by atoms with Crippen LogP contribution in [0.2, 0.25) is 0 Å². The van der Waals surface area contributed by atoms with Crippen molar-refractivity contribution in [3.8, 4) is 0 Å². The predicted octanol–water partition coefficient (Wildman–Crippen LogP) is -0.183. The van der Waals surface area contributed by atoms with Gasteiger partial charge in [-0.15, -0.1) is 0 Å². The number of fused-ring (bicyclic) bond motifs is 1. The quantitative estimate of drug-likeness (QED) is 0.614. The van der Waals surface area contributed by atoms with E-state index >= 15 is 0 Å². The molecule has 4 aliphatic rings. The Morgan fingerprint density at radius 2 is 1.96 bits per heavy atom. The number of nitrogens with zero attached hydrogens (tertiary/aromatic N) is 2. The third-order valence-corrected chi connectivity index (χ3v) is 8.01. The maximum Gasteiger partial charge on any atom is 0.323 e. The second kappa shape index (κ2) is 5.99. The molecule has 0 bridgehead atoms. The normalized spacial score (nSPS) is 42.2. The first-order valence-corrected chi connectivity index (χ1v) is 10.5. The summed E-state index contributed by atoms with van der Waals surface area (Å²) in [4.78, 5) is 15.7. The first-order chi connectivity index (χ1) is 12.1. The van der Waals surface area contributed by atoms with Gasteiger partial charge in [-0.3, -0.25) is 4.90 Å². The molecule has 6 atom stereocenters. The van der Waals surface area contributed by atoms with Crippen molar-refractivity contribution < 1.29 is 22.3 Å². The van der Waals surface area contributed by atoms with Crippen LogP contribution in [0.5, 0.6) is 0 Å². The van der Waals surface area contributed by atoms with Crippen LogP contribution in [0.25, 0.3) is 0 Å². The minimum Gasteiger partial charge on any atom is -0.324 e. The number of likely N-dealkylation sites (N-methyl/N-ethyl adjacent to an activating group) is 1. The minimum atomic E-state index is -3.82. The summed E-state index contributed by atoms with van der Waals surface area (Å²) in [5.41, 5.74) is 5.32. The average Bonchev–Trinajstić information content (AvgIpc) is 3.01. The van der Waals surface area contributed by atoms with Crippen LogP contribution in [0, 0.1) is 0 Å². The van der Waals surface area contributed by atoms with E-state index in [4.69, 9.17) is 4.74 Å². The first-order valence-electron chi connectivity index (χ1n) is 9.00. The number of urea groups is 1. The van der Waals surface area contributed by atoms with Gasteiger partial charge in [0, 0.05) is 19.0 Å². The number of sulfonamides is 1. The third kappa shape index (κ3) is 2.99. The molecule has 0 aromatic carbocycles. The molecule has 2 aliphatic carbocycles. The van der Waals surface area contributed by atoms with Crippen LogP contribution in [-0.4, -0.2) is 72.9 Å². The molecule has 0 aromatic heterocycles. The zero-order valence-electron chi connectivity index (χ0n) is 15.1. The monoisotopic (exact) mass is 391 g/mol. The molecule has 6 unspecified atom stereocenters. The molecule has 3 N–H and O–H groups in total. The molecule has 2 heterocycles. The topological polar surface area (TPSA) is 103 Å². The minimum absolute atomic E-state index is 0.00139. The summed E-state index contributed by atoms with van der Waals surface area (Å²) < 4.78 is 48.6. The van der Waals surface area contributed by atoms with Crippen LogP contribution >= 0.6 is 0 Å². The highest BCUT2D eigenvalue weighted by Crippen LogP contribution is 2.41. The summed E-state index contributed by atoms with van der Waals surface area (Å²) in [5.74, 6) is 0. The van der Waals surface area contributed by atoms with Gasteiger partial charge in [0.15, 0.2) is 0 Å². The van der Waals surface area contributed by atoms with Crippen molar-refractivity contribution in [2.24, 2.45) is 0 Å². The highest BCUT2D eigenvalue weighted by molar-refractivity contribution is 7.90. The van der Waals surface area contributed by atoms with Crippen LogP contribution in [0.4, 0.5) is 9.18 Å². The molecule has 2 amide bonds. The summed E-state index contributed by atoms with van der Waals surface area (Å²) in [6, 6.07) is -1.10. The first kappa shape index (κ1) is 18.4. The lowest BCUT2D eigenvalue weighted by atomic mass is 9.88. The lowest BCUT2D eigenvalue weighted by Gasteiger charge is -2.38. The second-order valence-electron chi connectivity index (χ2n) is 8.09. The fourth-order valence-electron chi connectivity index (χ4n) is 4.15. The number of hydrazine groups is 1. The molecule has 4 fully saturated rings. The van der Waals surface area contributed by atoms with Gasteiger partial charge in [0.25, 0.3) is 0 Å². The van der Waals surface area contributed by atoms with E-state index in [0.29, 0.717) is 0 Å². The Morgan fingerprint density at radius 3 is 2.54 bits per heavy atom. The molecule has 2 saturated heterocycles. The van der Waals surface area contributed by atoms with E-state index < -0.39 is 39.4 Å². The lowest BCUT2D eigenvalue weighted by Crippen LogP contribution is -2.57. The molecule has 11 heteroatoms. The number of rotatable bonds is 4. The highest BCUT2D eigenvalue weighted by atomic mass is 32.2. The Balaban J connectivity index is 1.57. The second-order valence-corrected chi connectivity index (χ2v) is 9.99. The molecule has 0 aromatic rings. The molecule has 0 radical (unpaired) electrons. The van der Waals surface area contributed by atoms with Gasteiger partial charge in [0.1, 0.15) is 17.6 Å². The molecule has 2 aliphatic heterocycles. The maximum absolute atomic E-state index is 14.8. The molecule has 0 spiro atoms. The van der Waals surface area contributed by atoms with Crippen LogP contribution in [-0.2, 0) is 14.8 Å². The standard InChI is InChI=1S/C15H26FN5O4S/c1-8-17-18-13(25-8)21-11-7-12(26(23,24)19-15(2)4-5-15)9(16)6-10(11)20(3)14(21)22/h8-13,17-19H,4-7H2,1-3H3. The average molecular weight is 391 g/mol. The number of hydrogen-bond acceptors (Lipinski definition) is 6. The van der Waals surface area contributed by atoms with Gasteiger partial charge in [-0.25, -0.2) is 33.2 Å². The predicted molar refractivity (Wildman–Crippen MR) is 90.8 cm³/mol. The molecule has 9 nitrogen and oxygen atoms in total. The van der Waals surface area contributed by atoms with Gasteiger partial charge in [-0.1, -0.05) is 0 Å². The van der Waals surface area contributed by atoms with E-state index in [-0.39, 0.29) is 31.1 Å². The van der Waals surface area contributed by atoms with Crippen LogP contribution in [0.3, 0.4) is 0 Å². The Labute approximate surface area is 152 Å². The van der Waals surface area contributed by atoms with E-state index in [1.807, 2.05) is 6.92 Å². The number of carbonyl (C=O) groups is 1. The highest BCUT2D eigenvalue weighted by Gasteiger charge is 2.56. The van der Waals surface area contributed by atoms with Gasteiger partial charge in [0.2, 0.25) is 16.4 Å². The number of hydrogen-bond donors (Lipinski definition) is 3. The summed E-state index contributed by atoms with van der Waals surface area (Å²) >= 11 is 0. The molecule has 148 valence electrons. The van der Waals surface area contributed by atoms with Crippen molar-refractivity contribution >= 4 is 16.1 Å². The smallest absolute Gasteiger partial charge is 0.323 e. The molecule has 4 rings (SSSR count). The lowest BCUT2D eigenvalue weighted by molar-refractivity contribution is -0.0510. The van der Waals surface area contributed by atoms with Crippen LogP contribution in [0.15, 0.2) is 0 Å². The molecular weight excluding hydrogens is 365 g/mol. The Bertz CT molecular complexity index is 702. The fourth-order valence-corrected chi connectivity index (χ4v) is 6.15. The van der Waals surface area contributed by atoms with Crippen molar-refractivity contribution in [1.82, 2.24) is 25.4 Å². The molecule has 2 saturated carbocycles. The third-order valence-electron chi connectivity index (χ3n) is 5.95. The fraction of sp³-hybridized carbons (Fsp3) is 0.933. The van der Waals surface area contributed by atoms with Crippen molar-refractivity contribution in [2.45, 2.75) is 81.2 Å².